The Balaban J connectivity index is 1.39. The van der Waals surface area contributed by atoms with Gasteiger partial charge in [0.15, 0.2) is 0 Å². The fraction of sp³-hybridized carbons (Fsp3) is 0.591. The third kappa shape index (κ3) is 4.02. The molecule has 2 aliphatic rings. The summed E-state index contributed by atoms with van der Waals surface area (Å²) >= 11 is 0. The molecule has 2 saturated heterocycles. The molecule has 4 nitrogen and oxygen atoms in total. The van der Waals surface area contributed by atoms with Crippen LogP contribution >= 0.6 is 0 Å². The van der Waals surface area contributed by atoms with E-state index in [1.807, 2.05) is 0 Å². The lowest BCUT2D eigenvalue weighted by atomic mass is 10.0. The van der Waals surface area contributed by atoms with Gasteiger partial charge in [-0.2, -0.15) is 0 Å². The lowest BCUT2D eigenvalue weighted by molar-refractivity contribution is -0.0672. The van der Waals surface area contributed by atoms with Crippen molar-refractivity contribution in [3.8, 4) is 0 Å². The van der Waals surface area contributed by atoms with E-state index >= 15 is 0 Å². The van der Waals surface area contributed by atoms with Crippen molar-refractivity contribution in [1.29, 1.82) is 0 Å². The highest BCUT2D eigenvalue weighted by Crippen LogP contribution is 2.30. The Hall–Kier alpha value is -1.65. The molecule has 1 aromatic carbocycles. The van der Waals surface area contributed by atoms with E-state index in [1.165, 1.54) is 29.6 Å². The second-order valence-corrected chi connectivity index (χ2v) is 7.51. The van der Waals surface area contributed by atoms with E-state index in [4.69, 9.17) is 14.5 Å². The summed E-state index contributed by atoms with van der Waals surface area (Å²) in [6.45, 7) is 5.94. The van der Waals surface area contributed by atoms with E-state index in [0.717, 1.165) is 57.5 Å². The normalized spacial score (nSPS) is 22.0. The number of benzene rings is 1. The number of anilines is 1. The van der Waals surface area contributed by atoms with Crippen LogP contribution in [0.2, 0.25) is 0 Å². The van der Waals surface area contributed by atoms with Gasteiger partial charge in [-0.05, 0) is 50.7 Å². The standard InChI is InChI=1S/C22H30N2O2/c1-2-17-15-22(20-8-3-4-9-21(20)23-17)24-12-10-18(11-13-24)26-16-19-7-5-6-14-25-19/h3-4,8-9,15,18-19H,2,5-7,10-14,16H2,1H3. The number of nitrogens with zero attached hydrogens (tertiary/aromatic N) is 2. The first-order valence-corrected chi connectivity index (χ1v) is 10.2. The molecule has 3 heterocycles. The number of aromatic nitrogens is 1. The van der Waals surface area contributed by atoms with Crippen LogP contribution in [0.15, 0.2) is 30.3 Å². The molecule has 2 aromatic rings. The predicted molar refractivity (Wildman–Crippen MR) is 106 cm³/mol. The first-order valence-electron chi connectivity index (χ1n) is 10.2. The molecule has 26 heavy (non-hydrogen) atoms. The molecule has 1 aromatic heterocycles. The second kappa shape index (κ2) is 8.36. The second-order valence-electron chi connectivity index (χ2n) is 7.51. The molecule has 0 saturated carbocycles. The fourth-order valence-electron chi connectivity index (χ4n) is 4.10. The fourth-order valence-corrected chi connectivity index (χ4v) is 4.10. The van der Waals surface area contributed by atoms with Gasteiger partial charge in [0, 0.05) is 36.5 Å². The summed E-state index contributed by atoms with van der Waals surface area (Å²) < 4.78 is 12.0. The molecule has 0 amide bonds. The van der Waals surface area contributed by atoms with Crippen molar-refractivity contribution >= 4 is 16.6 Å². The van der Waals surface area contributed by atoms with Crippen molar-refractivity contribution in [3.05, 3.63) is 36.0 Å². The molecule has 2 aliphatic heterocycles. The number of aryl methyl sites for hydroxylation is 1. The van der Waals surface area contributed by atoms with Crippen LogP contribution in [0.4, 0.5) is 5.69 Å². The molecule has 0 bridgehead atoms. The summed E-state index contributed by atoms with van der Waals surface area (Å²) in [5.41, 5.74) is 3.61. The molecule has 140 valence electrons. The van der Waals surface area contributed by atoms with Gasteiger partial charge < -0.3 is 14.4 Å². The Morgan fingerprint density at radius 1 is 1.15 bits per heavy atom. The van der Waals surface area contributed by atoms with E-state index in [0.29, 0.717) is 12.2 Å². The molecule has 0 aliphatic carbocycles. The maximum absolute atomic E-state index is 6.17. The molecular formula is C22H30N2O2. The highest BCUT2D eigenvalue weighted by Gasteiger charge is 2.23. The molecule has 4 rings (SSSR count). The van der Waals surface area contributed by atoms with Crippen LogP contribution in [0.1, 0.15) is 44.7 Å². The van der Waals surface area contributed by atoms with Crippen LogP contribution < -0.4 is 4.90 Å². The number of fused-ring (bicyclic) bond motifs is 1. The van der Waals surface area contributed by atoms with Gasteiger partial charge in [-0.15, -0.1) is 0 Å². The number of para-hydroxylation sites is 1. The first-order chi connectivity index (χ1) is 12.8. The van der Waals surface area contributed by atoms with E-state index in [1.54, 1.807) is 0 Å². The van der Waals surface area contributed by atoms with Crippen LogP contribution in [0.25, 0.3) is 10.9 Å². The lowest BCUT2D eigenvalue weighted by Gasteiger charge is -2.35. The van der Waals surface area contributed by atoms with E-state index in [9.17, 15) is 0 Å². The van der Waals surface area contributed by atoms with Crippen LogP contribution in [-0.2, 0) is 15.9 Å². The van der Waals surface area contributed by atoms with E-state index < -0.39 is 0 Å². The van der Waals surface area contributed by atoms with Crippen LogP contribution in [0, 0.1) is 0 Å². The van der Waals surface area contributed by atoms with Crippen molar-refractivity contribution < 1.29 is 9.47 Å². The number of ether oxygens (including phenoxy) is 2. The van der Waals surface area contributed by atoms with Gasteiger partial charge in [-0.25, -0.2) is 0 Å². The molecule has 4 heteroatoms. The minimum atomic E-state index is 0.318. The highest BCUT2D eigenvalue weighted by atomic mass is 16.5. The Labute approximate surface area is 156 Å². The number of piperidine rings is 1. The zero-order valence-corrected chi connectivity index (χ0v) is 15.8. The molecule has 1 unspecified atom stereocenters. The van der Waals surface area contributed by atoms with Gasteiger partial charge >= 0.3 is 0 Å². The van der Waals surface area contributed by atoms with Gasteiger partial charge in [0.05, 0.1) is 24.3 Å². The smallest absolute Gasteiger partial charge is 0.0808 e. The zero-order valence-electron chi connectivity index (χ0n) is 15.8. The Bertz CT molecular complexity index is 719. The summed E-state index contributed by atoms with van der Waals surface area (Å²) in [6.07, 6.45) is 7.47. The third-order valence-corrected chi connectivity index (χ3v) is 5.68. The molecular weight excluding hydrogens is 324 g/mol. The predicted octanol–water partition coefficient (Wildman–Crippen LogP) is 4.35. The summed E-state index contributed by atoms with van der Waals surface area (Å²) in [5.74, 6) is 0. The Morgan fingerprint density at radius 2 is 2.00 bits per heavy atom. The van der Waals surface area contributed by atoms with Crippen LogP contribution in [0.5, 0.6) is 0 Å². The first kappa shape index (κ1) is 17.7. The minimum absolute atomic E-state index is 0.318. The largest absolute Gasteiger partial charge is 0.376 e. The number of hydrogen-bond donors (Lipinski definition) is 0. The molecule has 2 fully saturated rings. The van der Waals surface area contributed by atoms with Crippen LogP contribution in [0.3, 0.4) is 0 Å². The Morgan fingerprint density at radius 3 is 2.77 bits per heavy atom. The van der Waals surface area contributed by atoms with Crippen molar-refractivity contribution in [2.45, 2.75) is 57.7 Å². The van der Waals surface area contributed by atoms with E-state index in [-0.39, 0.29) is 0 Å². The maximum atomic E-state index is 6.17. The Kier molecular flexibility index (Phi) is 5.71. The van der Waals surface area contributed by atoms with Crippen LogP contribution in [-0.4, -0.2) is 43.5 Å². The quantitative estimate of drug-likeness (QED) is 0.799. The molecule has 0 radical (unpaired) electrons. The zero-order chi connectivity index (χ0) is 17.8. The van der Waals surface area contributed by atoms with Crippen molar-refractivity contribution in [2.24, 2.45) is 0 Å². The van der Waals surface area contributed by atoms with Gasteiger partial charge in [-0.1, -0.05) is 25.1 Å². The summed E-state index contributed by atoms with van der Waals surface area (Å²) in [6, 6.07) is 10.8. The average Bonchev–Trinajstić information content (AvgIpc) is 2.72. The lowest BCUT2D eigenvalue weighted by Crippen LogP contribution is -2.38. The highest BCUT2D eigenvalue weighted by molar-refractivity contribution is 5.92. The molecule has 0 spiro atoms. The number of pyridine rings is 1. The van der Waals surface area contributed by atoms with Gasteiger partial charge in [0.25, 0.3) is 0 Å². The summed E-state index contributed by atoms with van der Waals surface area (Å²) in [5, 5.41) is 1.26. The maximum Gasteiger partial charge on any atom is 0.0808 e. The summed E-state index contributed by atoms with van der Waals surface area (Å²) in [7, 11) is 0. The SMILES string of the molecule is CCc1cc(N2CCC(OCC3CCCCO3)CC2)c2ccccc2n1. The third-order valence-electron chi connectivity index (χ3n) is 5.68. The topological polar surface area (TPSA) is 34.6 Å². The van der Waals surface area contributed by atoms with Gasteiger partial charge in [-0.3, -0.25) is 4.98 Å². The van der Waals surface area contributed by atoms with Crippen molar-refractivity contribution in [3.63, 3.8) is 0 Å². The monoisotopic (exact) mass is 354 g/mol. The molecule has 1 atom stereocenters. The van der Waals surface area contributed by atoms with Crippen molar-refractivity contribution in [2.75, 3.05) is 31.2 Å². The van der Waals surface area contributed by atoms with Crippen molar-refractivity contribution in [1.82, 2.24) is 4.98 Å². The number of rotatable bonds is 5. The number of hydrogen-bond acceptors (Lipinski definition) is 4. The summed E-state index contributed by atoms with van der Waals surface area (Å²) in [4.78, 5) is 7.29. The minimum Gasteiger partial charge on any atom is -0.376 e. The van der Waals surface area contributed by atoms with Gasteiger partial charge in [0.2, 0.25) is 0 Å². The van der Waals surface area contributed by atoms with E-state index in [2.05, 4.69) is 42.2 Å². The molecule has 0 N–H and O–H groups in total. The van der Waals surface area contributed by atoms with Gasteiger partial charge in [0.1, 0.15) is 0 Å². The average molecular weight is 354 g/mol.